The van der Waals surface area contributed by atoms with Crippen molar-refractivity contribution in [2.45, 2.75) is 19.3 Å². The number of hydrogen-bond donors (Lipinski definition) is 1. The minimum Gasteiger partial charge on any atom is -0.337 e. The van der Waals surface area contributed by atoms with Crippen LogP contribution in [-0.2, 0) is 0 Å². The molecular formula is C18H21N5O3. The molecule has 4 rings (SSSR count). The van der Waals surface area contributed by atoms with Crippen LogP contribution in [0.5, 0.6) is 0 Å². The predicted octanol–water partition coefficient (Wildman–Crippen LogP) is 2.00. The maximum atomic E-state index is 12.7. The Labute approximate surface area is 150 Å². The summed E-state index contributed by atoms with van der Waals surface area (Å²) in [5, 5.41) is 18.7. The van der Waals surface area contributed by atoms with Crippen molar-refractivity contribution in [3.63, 3.8) is 0 Å². The van der Waals surface area contributed by atoms with Gasteiger partial charge in [0.1, 0.15) is 0 Å². The number of likely N-dealkylation sites (tertiary alicyclic amines) is 1. The molecule has 1 aromatic heterocycles. The minimum absolute atomic E-state index is 0.00243. The molecule has 0 radical (unpaired) electrons. The molecule has 0 atom stereocenters. The van der Waals surface area contributed by atoms with Crippen LogP contribution < -0.4 is 5.32 Å². The molecule has 1 spiro atoms. The monoisotopic (exact) mass is 355 g/mol. The van der Waals surface area contributed by atoms with E-state index in [2.05, 4.69) is 10.4 Å². The number of amides is 1. The third-order valence-electron chi connectivity index (χ3n) is 5.56. The fraction of sp³-hybridized carbons (Fsp3) is 0.444. The van der Waals surface area contributed by atoms with E-state index in [-0.39, 0.29) is 11.6 Å². The lowest BCUT2D eigenvalue weighted by Crippen LogP contribution is -2.44. The number of nitrogens with zero attached hydrogens (tertiary/aromatic N) is 4. The molecule has 136 valence electrons. The number of aromatic nitrogens is 2. The molecule has 2 saturated heterocycles. The minimum atomic E-state index is -0.444. The van der Waals surface area contributed by atoms with Crippen molar-refractivity contribution in [1.82, 2.24) is 20.0 Å². The van der Waals surface area contributed by atoms with E-state index in [0.717, 1.165) is 39.0 Å². The standard InChI is InChI=1S/C18H21N5O3/c24-17(21-10-6-18(7-11-21)5-8-19-13-18)16-4-9-22(20-16)14-2-1-3-15(12-14)23(25)26/h1-4,9,12,19H,5-8,10-11,13H2. The number of nitro groups is 1. The molecule has 26 heavy (non-hydrogen) atoms. The molecule has 1 N–H and O–H groups in total. The van der Waals surface area contributed by atoms with Crippen molar-refractivity contribution in [1.29, 1.82) is 0 Å². The second-order valence-corrected chi connectivity index (χ2v) is 7.14. The number of hydrogen-bond acceptors (Lipinski definition) is 5. The largest absolute Gasteiger partial charge is 0.337 e. The van der Waals surface area contributed by atoms with Crippen LogP contribution in [0.4, 0.5) is 5.69 Å². The summed E-state index contributed by atoms with van der Waals surface area (Å²) in [6, 6.07) is 7.88. The molecule has 1 aromatic carbocycles. The SMILES string of the molecule is O=C(c1ccn(-c2cccc([N+](=O)[O-])c2)n1)N1CCC2(CCNC2)CC1. The molecular weight excluding hydrogens is 334 g/mol. The summed E-state index contributed by atoms with van der Waals surface area (Å²) in [6.07, 6.45) is 4.91. The van der Waals surface area contributed by atoms with Crippen molar-refractivity contribution in [2.75, 3.05) is 26.2 Å². The second kappa shape index (κ2) is 6.53. The lowest BCUT2D eigenvalue weighted by molar-refractivity contribution is -0.384. The summed E-state index contributed by atoms with van der Waals surface area (Å²) >= 11 is 0. The second-order valence-electron chi connectivity index (χ2n) is 7.14. The highest BCUT2D eigenvalue weighted by molar-refractivity contribution is 5.92. The van der Waals surface area contributed by atoms with Gasteiger partial charge in [0.25, 0.3) is 11.6 Å². The number of piperidine rings is 1. The first-order chi connectivity index (χ1) is 12.6. The smallest absolute Gasteiger partial charge is 0.274 e. The molecule has 2 fully saturated rings. The first-order valence-corrected chi connectivity index (χ1v) is 8.87. The lowest BCUT2D eigenvalue weighted by Gasteiger charge is -2.38. The molecule has 2 aliphatic rings. The Kier molecular flexibility index (Phi) is 4.20. The Morgan fingerprint density at radius 1 is 1.23 bits per heavy atom. The van der Waals surface area contributed by atoms with Crippen molar-refractivity contribution in [2.24, 2.45) is 5.41 Å². The Bertz CT molecular complexity index is 831. The fourth-order valence-electron chi connectivity index (χ4n) is 3.90. The molecule has 3 heterocycles. The summed E-state index contributed by atoms with van der Waals surface area (Å²) in [5.41, 5.74) is 1.29. The zero-order valence-electron chi connectivity index (χ0n) is 14.4. The molecule has 0 bridgehead atoms. The number of benzene rings is 1. The van der Waals surface area contributed by atoms with Gasteiger partial charge in [-0.15, -0.1) is 0 Å². The van der Waals surface area contributed by atoms with Gasteiger partial charge >= 0.3 is 0 Å². The van der Waals surface area contributed by atoms with E-state index in [1.165, 1.54) is 23.2 Å². The van der Waals surface area contributed by atoms with Gasteiger partial charge in [-0.1, -0.05) is 6.07 Å². The van der Waals surface area contributed by atoms with Gasteiger partial charge < -0.3 is 10.2 Å². The summed E-state index contributed by atoms with van der Waals surface area (Å²) in [6.45, 7) is 3.63. The molecule has 0 saturated carbocycles. The van der Waals surface area contributed by atoms with Crippen LogP contribution in [0, 0.1) is 15.5 Å². The van der Waals surface area contributed by atoms with E-state index in [4.69, 9.17) is 0 Å². The van der Waals surface area contributed by atoms with Crippen molar-refractivity contribution in [3.8, 4) is 5.69 Å². The van der Waals surface area contributed by atoms with Crippen LogP contribution >= 0.6 is 0 Å². The van der Waals surface area contributed by atoms with Gasteiger partial charge in [0.15, 0.2) is 5.69 Å². The maximum Gasteiger partial charge on any atom is 0.274 e. The summed E-state index contributed by atoms with van der Waals surface area (Å²) in [4.78, 5) is 25.1. The van der Waals surface area contributed by atoms with E-state index >= 15 is 0 Å². The van der Waals surface area contributed by atoms with Crippen LogP contribution in [0.2, 0.25) is 0 Å². The van der Waals surface area contributed by atoms with Crippen LogP contribution in [0.3, 0.4) is 0 Å². The zero-order chi connectivity index (χ0) is 18.1. The third kappa shape index (κ3) is 3.08. The Morgan fingerprint density at radius 2 is 2.04 bits per heavy atom. The van der Waals surface area contributed by atoms with E-state index in [1.807, 2.05) is 4.90 Å². The third-order valence-corrected chi connectivity index (χ3v) is 5.56. The number of rotatable bonds is 3. The van der Waals surface area contributed by atoms with Gasteiger partial charge in [0.05, 0.1) is 10.6 Å². The summed E-state index contributed by atoms with van der Waals surface area (Å²) < 4.78 is 1.51. The Hall–Kier alpha value is -2.74. The van der Waals surface area contributed by atoms with Crippen molar-refractivity contribution >= 4 is 11.6 Å². The molecule has 8 nitrogen and oxygen atoms in total. The van der Waals surface area contributed by atoms with Gasteiger partial charge in [-0.05, 0) is 43.4 Å². The van der Waals surface area contributed by atoms with E-state index in [1.54, 1.807) is 24.4 Å². The van der Waals surface area contributed by atoms with Crippen LogP contribution in [0.25, 0.3) is 5.69 Å². The van der Waals surface area contributed by atoms with Gasteiger partial charge in [-0.25, -0.2) is 4.68 Å². The Morgan fingerprint density at radius 3 is 2.73 bits per heavy atom. The lowest BCUT2D eigenvalue weighted by atomic mass is 9.78. The number of carbonyl (C=O) groups is 1. The average Bonchev–Trinajstić information content (AvgIpc) is 3.32. The quantitative estimate of drug-likeness (QED) is 0.671. The number of non-ortho nitro benzene ring substituents is 1. The zero-order valence-corrected chi connectivity index (χ0v) is 14.4. The molecule has 2 aromatic rings. The molecule has 0 unspecified atom stereocenters. The van der Waals surface area contributed by atoms with E-state index < -0.39 is 4.92 Å². The topological polar surface area (TPSA) is 93.3 Å². The van der Waals surface area contributed by atoms with Gasteiger partial charge in [-0.2, -0.15) is 5.10 Å². The molecule has 1 amide bonds. The summed E-state index contributed by atoms with van der Waals surface area (Å²) in [5.74, 6) is -0.0741. The van der Waals surface area contributed by atoms with Gasteiger partial charge in [0, 0.05) is 38.0 Å². The number of nitro benzene ring substituents is 1. The first kappa shape index (κ1) is 16.7. The molecule has 2 aliphatic heterocycles. The molecule has 8 heteroatoms. The highest BCUT2D eigenvalue weighted by Gasteiger charge is 2.38. The van der Waals surface area contributed by atoms with Crippen LogP contribution in [0.1, 0.15) is 29.8 Å². The van der Waals surface area contributed by atoms with E-state index in [0.29, 0.717) is 16.8 Å². The first-order valence-electron chi connectivity index (χ1n) is 8.87. The highest BCUT2D eigenvalue weighted by Crippen LogP contribution is 2.37. The predicted molar refractivity (Wildman–Crippen MR) is 95.3 cm³/mol. The van der Waals surface area contributed by atoms with Crippen molar-refractivity contribution < 1.29 is 9.72 Å². The van der Waals surface area contributed by atoms with Crippen LogP contribution in [0.15, 0.2) is 36.5 Å². The maximum absolute atomic E-state index is 12.7. The normalized spacial score (nSPS) is 19.0. The average molecular weight is 355 g/mol. The van der Waals surface area contributed by atoms with Gasteiger partial charge in [0.2, 0.25) is 0 Å². The Balaban J connectivity index is 1.47. The number of carbonyl (C=O) groups excluding carboxylic acids is 1. The highest BCUT2D eigenvalue weighted by atomic mass is 16.6. The number of nitrogens with one attached hydrogen (secondary N) is 1. The summed E-state index contributed by atoms with van der Waals surface area (Å²) in [7, 11) is 0. The van der Waals surface area contributed by atoms with Crippen molar-refractivity contribution in [3.05, 3.63) is 52.3 Å². The molecule has 0 aliphatic carbocycles. The van der Waals surface area contributed by atoms with Gasteiger partial charge in [-0.3, -0.25) is 14.9 Å². The van der Waals surface area contributed by atoms with E-state index in [9.17, 15) is 14.9 Å². The fourth-order valence-corrected chi connectivity index (χ4v) is 3.90. The van der Waals surface area contributed by atoms with Crippen LogP contribution in [-0.4, -0.2) is 51.7 Å².